The Bertz CT molecular complexity index is 661. The minimum atomic E-state index is -0.806. The van der Waals surface area contributed by atoms with Crippen LogP contribution in [0, 0.1) is 5.92 Å². The summed E-state index contributed by atoms with van der Waals surface area (Å²) >= 11 is 0. The molecule has 2 atom stereocenters. The third kappa shape index (κ3) is 3.52. The van der Waals surface area contributed by atoms with Gasteiger partial charge in [-0.15, -0.1) is 0 Å². The second-order valence-corrected chi connectivity index (χ2v) is 7.03. The standard InChI is InChI=1S/C19H25N3O3/c1-14-7-5-6-11-19(14)17(24)22(18(25)21-19)13-16(23)20-12-10-15-8-3-2-4-9-15/h2-4,8-9,14H,5-7,10-13H2,1H3,(H,20,23)(H,21,25)/t14-,19-/m1/s1. The van der Waals surface area contributed by atoms with Crippen LogP contribution in [0.25, 0.3) is 0 Å². The fraction of sp³-hybridized carbons (Fsp3) is 0.526. The summed E-state index contributed by atoms with van der Waals surface area (Å²) in [6.07, 6.45) is 4.29. The van der Waals surface area contributed by atoms with E-state index in [1.54, 1.807) is 0 Å². The topological polar surface area (TPSA) is 78.5 Å². The zero-order chi connectivity index (χ0) is 17.9. The molecule has 6 heteroatoms. The monoisotopic (exact) mass is 343 g/mol. The molecule has 1 saturated heterocycles. The molecule has 0 aromatic heterocycles. The molecule has 4 amide bonds. The summed E-state index contributed by atoms with van der Waals surface area (Å²) in [5.41, 5.74) is 0.326. The summed E-state index contributed by atoms with van der Waals surface area (Å²) in [4.78, 5) is 38.3. The van der Waals surface area contributed by atoms with Crippen molar-refractivity contribution in [3.8, 4) is 0 Å². The molecule has 2 aliphatic rings. The quantitative estimate of drug-likeness (QED) is 0.801. The third-order valence-electron chi connectivity index (χ3n) is 5.38. The van der Waals surface area contributed by atoms with Gasteiger partial charge < -0.3 is 10.6 Å². The predicted octanol–water partition coefficient (Wildman–Crippen LogP) is 1.85. The first-order valence-corrected chi connectivity index (χ1v) is 8.97. The fourth-order valence-electron chi connectivity index (χ4n) is 3.83. The van der Waals surface area contributed by atoms with Crippen molar-refractivity contribution in [3.05, 3.63) is 35.9 Å². The number of nitrogens with one attached hydrogen (secondary N) is 2. The number of hydrogen-bond acceptors (Lipinski definition) is 3. The van der Waals surface area contributed by atoms with Crippen LogP contribution in [0.5, 0.6) is 0 Å². The number of carbonyl (C=O) groups excluding carboxylic acids is 3. The van der Waals surface area contributed by atoms with Gasteiger partial charge in [-0.25, -0.2) is 4.79 Å². The summed E-state index contributed by atoms with van der Waals surface area (Å²) in [6.45, 7) is 2.27. The lowest BCUT2D eigenvalue weighted by atomic mass is 9.73. The number of amides is 4. The van der Waals surface area contributed by atoms with E-state index in [9.17, 15) is 14.4 Å². The summed E-state index contributed by atoms with van der Waals surface area (Å²) in [6, 6.07) is 9.40. The smallest absolute Gasteiger partial charge is 0.325 e. The van der Waals surface area contributed by atoms with Crippen molar-refractivity contribution in [1.29, 1.82) is 0 Å². The molecule has 1 heterocycles. The third-order valence-corrected chi connectivity index (χ3v) is 5.38. The van der Waals surface area contributed by atoms with Crippen LogP contribution in [0.15, 0.2) is 30.3 Å². The van der Waals surface area contributed by atoms with Crippen LogP contribution in [0.4, 0.5) is 4.79 Å². The van der Waals surface area contributed by atoms with Crippen LogP contribution in [0.1, 0.15) is 38.2 Å². The van der Waals surface area contributed by atoms with Gasteiger partial charge in [-0.1, -0.05) is 50.1 Å². The molecule has 1 aliphatic carbocycles. The molecular formula is C19H25N3O3. The molecule has 25 heavy (non-hydrogen) atoms. The van der Waals surface area contributed by atoms with Gasteiger partial charge in [-0.05, 0) is 30.7 Å². The van der Waals surface area contributed by atoms with Gasteiger partial charge in [0.1, 0.15) is 12.1 Å². The molecule has 2 fully saturated rings. The number of carbonyl (C=O) groups is 3. The minimum Gasteiger partial charge on any atom is -0.354 e. The Morgan fingerprint density at radius 3 is 2.76 bits per heavy atom. The Kier molecular flexibility index (Phi) is 5.06. The van der Waals surface area contributed by atoms with E-state index in [0.717, 1.165) is 29.7 Å². The lowest BCUT2D eigenvalue weighted by Crippen LogP contribution is -2.54. The maximum Gasteiger partial charge on any atom is 0.325 e. The summed E-state index contributed by atoms with van der Waals surface area (Å²) in [7, 11) is 0. The molecule has 1 aromatic rings. The molecule has 3 rings (SSSR count). The number of rotatable bonds is 5. The Morgan fingerprint density at radius 1 is 1.28 bits per heavy atom. The average Bonchev–Trinajstić information content (AvgIpc) is 2.84. The van der Waals surface area contributed by atoms with E-state index in [4.69, 9.17) is 0 Å². The molecule has 2 N–H and O–H groups in total. The molecule has 0 radical (unpaired) electrons. The molecule has 0 unspecified atom stereocenters. The lowest BCUT2D eigenvalue weighted by Gasteiger charge is -2.36. The van der Waals surface area contributed by atoms with Crippen molar-refractivity contribution in [2.45, 2.75) is 44.6 Å². The van der Waals surface area contributed by atoms with Gasteiger partial charge in [0.2, 0.25) is 5.91 Å². The van der Waals surface area contributed by atoms with E-state index in [0.29, 0.717) is 19.4 Å². The largest absolute Gasteiger partial charge is 0.354 e. The number of nitrogens with zero attached hydrogens (tertiary/aromatic N) is 1. The minimum absolute atomic E-state index is 0.101. The Labute approximate surface area is 148 Å². The van der Waals surface area contributed by atoms with Gasteiger partial charge in [0, 0.05) is 6.54 Å². The second kappa shape index (κ2) is 7.25. The number of benzene rings is 1. The van der Waals surface area contributed by atoms with Gasteiger partial charge in [0.05, 0.1) is 0 Å². The molecule has 1 spiro atoms. The molecule has 1 aliphatic heterocycles. The SMILES string of the molecule is C[C@@H]1CCCC[C@@]12NC(=O)N(CC(=O)NCCc1ccccc1)C2=O. The Morgan fingerprint density at radius 2 is 2.04 bits per heavy atom. The molecule has 1 saturated carbocycles. The zero-order valence-electron chi connectivity index (χ0n) is 14.6. The van der Waals surface area contributed by atoms with Crippen molar-refractivity contribution < 1.29 is 14.4 Å². The van der Waals surface area contributed by atoms with E-state index in [2.05, 4.69) is 10.6 Å². The van der Waals surface area contributed by atoms with Gasteiger partial charge in [0.15, 0.2) is 0 Å². The Balaban J connectivity index is 1.54. The normalized spacial score (nSPS) is 26.0. The zero-order valence-corrected chi connectivity index (χ0v) is 14.6. The van der Waals surface area contributed by atoms with Crippen molar-refractivity contribution in [2.24, 2.45) is 5.92 Å². The molecule has 6 nitrogen and oxygen atoms in total. The van der Waals surface area contributed by atoms with Crippen LogP contribution in [-0.2, 0) is 16.0 Å². The van der Waals surface area contributed by atoms with Crippen LogP contribution < -0.4 is 10.6 Å². The highest BCUT2D eigenvalue weighted by Crippen LogP contribution is 2.38. The highest BCUT2D eigenvalue weighted by Gasteiger charge is 2.55. The van der Waals surface area contributed by atoms with Crippen molar-refractivity contribution in [3.63, 3.8) is 0 Å². The highest BCUT2D eigenvalue weighted by atomic mass is 16.2. The van der Waals surface area contributed by atoms with E-state index in [1.165, 1.54) is 0 Å². The summed E-state index contributed by atoms with van der Waals surface area (Å²) in [5, 5.41) is 5.65. The maximum absolute atomic E-state index is 12.8. The van der Waals surface area contributed by atoms with E-state index < -0.39 is 11.6 Å². The molecule has 134 valence electrons. The number of hydrogen-bond donors (Lipinski definition) is 2. The van der Waals surface area contributed by atoms with Gasteiger partial charge in [0.25, 0.3) is 5.91 Å². The van der Waals surface area contributed by atoms with Crippen molar-refractivity contribution in [2.75, 3.05) is 13.1 Å². The van der Waals surface area contributed by atoms with Crippen LogP contribution in [-0.4, -0.2) is 41.4 Å². The second-order valence-electron chi connectivity index (χ2n) is 7.03. The fourth-order valence-corrected chi connectivity index (χ4v) is 3.83. The first-order valence-electron chi connectivity index (χ1n) is 8.97. The first-order chi connectivity index (χ1) is 12.0. The van der Waals surface area contributed by atoms with Crippen LogP contribution in [0.2, 0.25) is 0 Å². The van der Waals surface area contributed by atoms with E-state index in [-0.39, 0.29) is 24.3 Å². The van der Waals surface area contributed by atoms with Gasteiger partial charge >= 0.3 is 6.03 Å². The van der Waals surface area contributed by atoms with Gasteiger partial charge in [-0.2, -0.15) is 0 Å². The maximum atomic E-state index is 12.8. The molecule has 1 aromatic carbocycles. The number of urea groups is 1. The molecule has 0 bridgehead atoms. The van der Waals surface area contributed by atoms with Crippen LogP contribution >= 0.6 is 0 Å². The van der Waals surface area contributed by atoms with Gasteiger partial charge in [-0.3, -0.25) is 14.5 Å². The first kappa shape index (κ1) is 17.5. The van der Waals surface area contributed by atoms with E-state index >= 15 is 0 Å². The number of imide groups is 1. The lowest BCUT2D eigenvalue weighted by molar-refractivity contribution is -0.137. The van der Waals surface area contributed by atoms with Crippen LogP contribution in [0.3, 0.4) is 0 Å². The Hall–Kier alpha value is -2.37. The summed E-state index contributed by atoms with van der Waals surface area (Å²) < 4.78 is 0. The van der Waals surface area contributed by atoms with Crippen molar-refractivity contribution >= 4 is 17.8 Å². The summed E-state index contributed by atoms with van der Waals surface area (Å²) in [5.74, 6) is -0.452. The highest BCUT2D eigenvalue weighted by molar-refractivity contribution is 6.09. The average molecular weight is 343 g/mol. The van der Waals surface area contributed by atoms with Crippen molar-refractivity contribution in [1.82, 2.24) is 15.5 Å². The van der Waals surface area contributed by atoms with E-state index in [1.807, 2.05) is 37.3 Å². The molecular weight excluding hydrogens is 318 g/mol. The predicted molar refractivity (Wildman–Crippen MR) is 93.8 cm³/mol.